The minimum atomic E-state index is 0.843. The Balaban J connectivity index is 1.63. The average Bonchev–Trinajstić information content (AvgIpc) is 3.43. The van der Waals surface area contributed by atoms with Gasteiger partial charge in [-0.05, 0) is 30.3 Å². The van der Waals surface area contributed by atoms with Crippen molar-refractivity contribution in [2.75, 3.05) is 0 Å². The highest BCUT2D eigenvalue weighted by molar-refractivity contribution is 9.10. The van der Waals surface area contributed by atoms with Crippen molar-refractivity contribution >= 4 is 43.2 Å². The second-order valence-electron chi connectivity index (χ2n) is 6.72. The summed E-state index contributed by atoms with van der Waals surface area (Å²) in [6.45, 7) is 0. The second kappa shape index (κ2) is 8.30. The molecular formula is C24H15Br2N3S. The molecule has 0 spiro atoms. The maximum absolute atomic E-state index is 4.92. The molecule has 0 unspecified atom stereocenters. The Kier molecular flexibility index (Phi) is 5.37. The van der Waals surface area contributed by atoms with Gasteiger partial charge in [-0.1, -0.05) is 86.5 Å². The van der Waals surface area contributed by atoms with Gasteiger partial charge in [-0.15, -0.1) is 11.3 Å². The lowest BCUT2D eigenvalue weighted by Gasteiger charge is -2.04. The lowest BCUT2D eigenvalue weighted by molar-refractivity contribution is 0.881. The number of thiazole rings is 1. The number of benzene rings is 3. The molecule has 0 amide bonds. The summed E-state index contributed by atoms with van der Waals surface area (Å²) in [5.74, 6) is 0. The van der Waals surface area contributed by atoms with Crippen molar-refractivity contribution in [3.8, 4) is 38.9 Å². The fraction of sp³-hybridized carbons (Fsp3) is 0. The average molecular weight is 537 g/mol. The molecule has 0 N–H and O–H groups in total. The molecule has 5 rings (SSSR count). The Labute approximate surface area is 195 Å². The first kappa shape index (κ1) is 19.4. The van der Waals surface area contributed by atoms with E-state index in [2.05, 4.69) is 79.7 Å². The van der Waals surface area contributed by atoms with E-state index in [1.54, 1.807) is 11.3 Å². The van der Waals surface area contributed by atoms with Crippen LogP contribution < -0.4 is 0 Å². The monoisotopic (exact) mass is 535 g/mol. The summed E-state index contributed by atoms with van der Waals surface area (Å²) in [7, 11) is 0. The number of rotatable bonds is 4. The fourth-order valence-electron chi connectivity index (χ4n) is 3.22. The van der Waals surface area contributed by atoms with E-state index in [0.717, 1.165) is 47.8 Å². The highest BCUT2D eigenvalue weighted by Crippen LogP contribution is 2.32. The molecule has 0 fully saturated rings. The Morgan fingerprint density at radius 2 is 1.27 bits per heavy atom. The predicted octanol–water partition coefficient (Wildman–Crippen LogP) is 7.85. The summed E-state index contributed by atoms with van der Waals surface area (Å²) in [6.07, 6.45) is 0. The van der Waals surface area contributed by atoms with E-state index in [1.807, 2.05) is 47.1 Å². The molecule has 0 aliphatic heterocycles. The number of halogens is 2. The van der Waals surface area contributed by atoms with Crippen molar-refractivity contribution in [1.29, 1.82) is 0 Å². The van der Waals surface area contributed by atoms with E-state index in [-0.39, 0.29) is 0 Å². The zero-order valence-corrected chi connectivity index (χ0v) is 19.7. The van der Waals surface area contributed by atoms with Gasteiger partial charge in [0.15, 0.2) is 0 Å². The maximum Gasteiger partial charge on any atom is 0.211 e. The van der Waals surface area contributed by atoms with E-state index in [1.165, 1.54) is 0 Å². The molecule has 0 aliphatic rings. The van der Waals surface area contributed by atoms with Crippen molar-refractivity contribution in [3.63, 3.8) is 0 Å². The normalized spacial score (nSPS) is 11.0. The third-order valence-corrected chi connectivity index (χ3v) is 6.61. The molecule has 30 heavy (non-hydrogen) atoms. The first-order chi connectivity index (χ1) is 14.7. The van der Waals surface area contributed by atoms with Gasteiger partial charge >= 0.3 is 0 Å². The Morgan fingerprint density at radius 1 is 0.667 bits per heavy atom. The summed E-state index contributed by atoms with van der Waals surface area (Å²) in [5.41, 5.74) is 6.13. The number of hydrogen-bond donors (Lipinski definition) is 0. The van der Waals surface area contributed by atoms with Crippen LogP contribution in [-0.2, 0) is 0 Å². The quantitative estimate of drug-likeness (QED) is 0.234. The second-order valence-corrected chi connectivity index (χ2v) is 9.39. The van der Waals surface area contributed by atoms with Crippen LogP contribution in [0.15, 0.2) is 99.3 Å². The predicted molar refractivity (Wildman–Crippen MR) is 131 cm³/mol. The van der Waals surface area contributed by atoms with Crippen LogP contribution in [-0.4, -0.2) is 14.8 Å². The van der Waals surface area contributed by atoms with Crippen LogP contribution in [0.1, 0.15) is 0 Å². The Morgan fingerprint density at radius 3 is 1.93 bits per heavy atom. The summed E-state index contributed by atoms with van der Waals surface area (Å²) >= 11 is 8.62. The van der Waals surface area contributed by atoms with Gasteiger partial charge in [0, 0.05) is 31.0 Å². The molecule has 2 aromatic heterocycles. The van der Waals surface area contributed by atoms with Gasteiger partial charge in [-0.25, -0.2) is 9.67 Å². The molecular weight excluding hydrogens is 522 g/mol. The van der Waals surface area contributed by atoms with Gasteiger partial charge in [0.2, 0.25) is 5.13 Å². The van der Waals surface area contributed by atoms with Crippen LogP contribution >= 0.6 is 43.2 Å². The highest BCUT2D eigenvalue weighted by Gasteiger charge is 2.16. The van der Waals surface area contributed by atoms with E-state index in [0.29, 0.717) is 0 Å². The van der Waals surface area contributed by atoms with Gasteiger partial charge < -0.3 is 0 Å². The molecule has 3 aromatic carbocycles. The van der Waals surface area contributed by atoms with E-state index in [9.17, 15) is 0 Å². The van der Waals surface area contributed by atoms with Crippen molar-refractivity contribution in [1.82, 2.24) is 14.8 Å². The van der Waals surface area contributed by atoms with Crippen LogP contribution in [0.4, 0.5) is 0 Å². The molecule has 0 saturated carbocycles. The van der Waals surface area contributed by atoms with Crippen LogP contribution in [0.5, 0.6) is 0 Å². The van der Waals surface area contributed by atoms with E-state index in [4.69, 9.17) is 10.1 Å². The third kappa shape index (κ3) is 3.90. The topological polar surface area (TPSA) is 30.7 Å². The molecule has 146 valence electrons. The third-order valence-electron chi connectivity index (χ3n) is 4.73. The molecule has 5 aromatic rings. The van der Waals surface area contributed by atoms with Crippen LogP contribution in [0.25, 0.3) is 38.9 Å². The maximum atomic E-state index is 4.92. The van der Waals surface area contributed by atoms with E-state index >= 15 is 0 Å². The molecule has 0 radical (unpaired) electrons. The lowest BCUT2D eigenvalue weighted by atomic mass is 10.1. The molecule has 2 heterocycles. The minimum Gasteiger partial charge on any atom is -0.218 e. The zero-order valence-electron chi connectivity index (χ0n) is 15.7. The number of hydrogen-bond acceptors (Lipinski definition) is 3. The molecule has 0 bridgehead atoms. The van der Waals surface area contributed by atoms with Gasteiger partial charge in [0.25, 0.3) is 0 Å². The van der Waals surface area contributed by atoms with Crippen molar-refractivity contribution < 1.29 is 0 Å². The molecule has 6 heteroatoms. The van der Waals surface area contributed by atoms with Crippen LogP contribution in [0.3, 0.4) is 0 Å². The van der Waals surface area contributed by atoms with Crippen LogP contribution in [0.2, 0.25) is 0 Å². The van der Waals surface area contributed by atoms with E-state index < -0.39 is 0 Å². The van der Waals surface area contributed by atoms with Crippen molar-refractivity contribution in [3.05, 3.63) is 99.3 Å². The van der Waals surface area contributed by atoms with Gasteiger partial charge in [-0.2, -0.15) is 5.10 Å². The lowest BCUT2D eigenvalue weighted by Crippen LogP contribution is -1.99. The summed E-state index contributed by atoms with van der Waals surface area (Å²) < 4.78 is 4.04. The van der Waals surface area contributed by atoms with Gasteiger partial charge in [0.1, 0.15) is 0 Å². The fourth-order valence-corrected chi connectivity index (χ4v) is 4.54. The SMILES string of the molecule is Brc1ccc(-c2cc(-c3ccc(Br)cc3)n(-c3nc(-c4ccccc4)cs3)n2)cc1. The van der Waals surface area contributed by atoms with Crippen molar-refractivity contribution in [2.24, 2.45) is 0 Å². The molecule has 3 nitrogen and oxygen atoms in total. The first-order valence-corrected chi connectivity index (χ1v) is 11.8. The summed E-state index contributed by atoms with van der Waals surface area (Å²) in [5, 5.41) is 7.85. The largest absolute Gasteiger partial charge is 0.218 e. The Hall–Kier alpha value is -2.54. The zero-order chi connectivity index (χ0) is 20.5. The number of aromatic nitrogens is 3. The molecule has 0 aliphatic carbocycles. The summed E-state index contributed by atoms with van der Waals surface area (Å²) in [4.78, 5) is 4.88. The molecule has 0 saturated heterocycles. The van der Waals surface area contributed by atoms with Gasteiger partial charge in [0.05, 0.1) is 17.1 Å². The Bertz CT molecular complexity index is 1290. The highest BCUT2D eigenvalue weighted by atomic mass is 79.9. The molecule has 0 atom stereocenters. The number of nitrogens with zero attached hydrogens (tertiary/aromatic N) is 3. The smallest absolute Gasteiger partial charge is 0.211 e. The standard InChI is InChI=1S/C24H15Br2N3S/c25-19-10-6-17(7-11-19)21-14-23(18-8-12-20(26)13-9-18)29(28-21)24-27-22(15-30-24)16-4-2-1-3-5-16/h1-15H. The minimum absolute atomic E-state index is 0.843. The first-order valence-electron chi connectivity index (χ1n) is 9.31. The van der Waals surface area contributed by atoms with Gasteiger partial charge in [-0.3, -0.25) is 0 Å². The van der Waals surface area contributed by atoms with Crippen LogP contribution in [0, 0.1) is 0 Å². The van der Waals surface area contributed by atoms with Crippen molar-refractivity contribution in [2.45, 2.75) is 0 Å². The summed E-state index contributed by atoms with van der Waals surface area (Å²) in [6, 6.07) is 28.8.